The average molecular weight is 508 g/mol. The number of ether oxygens (including phenoxy) is 1. The molecule has 2 heterocycles. The zero-order valence-electron chi connectivity index (χ0n) is 21.5. The Labute approximate surface area is 216 Å². The lowest BCUT2D eigenvalue weighted by molar-refractivity contribution is -0.143. The number of piperidine rings is 1. The van der Waals surface area contributed by atoms with Crippen LogP contribution in [0.3, 0.4) is 0 Å². The van der Waals surface area contributed by atoms with Crippen LogP contribution in [0.15, 0.2) is 45.6 Å². The van der Waals surface area contributed by atoms with Crippen molar-refractivity contribution >= 4 is 16.9 Å². The van der Waals surface area contributed by atoms with E-state index in [1.165, 1.54) is 12.1 Å². The van der Waals surface area contributed by atoms with Crippen LogP contribution in [-0.2, 0) is 17.8 Å². The number of aryl methyl sites for hydroxylation is 2. The maximum absolute atomic E-state index is 13.5. The second-order valence-corrected chi connectivity index (χ2v) is 10.6. The van der Waals surface area contributed by atoms with Gasteiger partial charge in [0.25, 0.3) is 0 Å². The number of rotatable bonds is 6. The molecule has 0 spiro atoms. The molecule has 2 fully saturated rings. The summed E-state index contributed by atoms with van der Waals surface area (Å²) >= 11 is 0. The number of carbonyl (C=O) groups excluding carboxylic acids is 1. The maximum Gasteiger partial charge on any atom is 0.339 e. The third-order valence-corrected chi connectivity index (χ3v) is 8.31. The van der Waals surface area contributed by atoms with Crippen LogP contribution in [-0.4, -0.2) is 34.6 Å². The number of nitrogens with zero attached hydrogens (tertiary/aromatic N) is 1. The summed E-state index contributed by atoms with van der Waals surface area (Å²) < 4.78 is 25.1. The molecule has 0 bridgehead atoms. The molecule has 2 atom stereocenters. The minimum absolute atomic E-state index is 0.0174. The smallest absolute Gasteiger partial charge is 0.339 e. The summed E-state index contributed by atoms with van der Waals surface area (Å²) in [7, 11) is 0. The van der Waals surface area contributed by atoms with Gasteiger partial charge in [0.1, 0.15) is 23.8 Å². The number of halogens is 1. The average Bonchev–Trinajstić information content (AvgIpc) is 2.88. The molecule has 1 aromatic heterocycles. The van der Waals surface area contributed by atoms with Gasteiger partial charge in [0.15, 0.2) is 0 Å². The highest BCUT2D eigenvalue weighted by atomic mass is 19.1. The Morgan fingerprint density at radius 1 is 1.19 bits per heavy atom. The van der Waals surface area contributed by atoms with E-state index in [0.29, 0.717) is 54.0 Å². The first-order valence-corrected chi connectivity index (χ1v) is 13.2. The van der Waals surface area contributed by atoms with E-state index in [2.05, 4.69) is 0 Å². The minimum atomic E-state index is -0.622. The number of fused-ring (bicyclic) bond motifs is 2. The van der Waals surface area contributed by atoms with Crippen molar-refractivity contribution in [3.8, 4) is 5.75 Å². The van der Waals surface area contributed by atoms with E-state index in [1.807, 2.05) is 30.9 Å². The molecule has 196 valence electrons. The Morgan fingerprint density at radius 2 is 2.03 bits per heavy atom. The monoisotopic (exact) mass is 507 g/mol. The number of likely N-dealkylation sites (tertiary alicyclic amines) is 1. The number of hydrogen-bond acceptors (Lipinski definition) is 5. The lowest BCUT2D eigenvalue weighted by atomic mass is 9.71. The molecule has 2 aromatic carbocycles. The standard InChI is InChI=1S/C30H34FNO5/c1-19-24-9-11-26(36-18-21-6-5-8-23(31)16-21)20(2)28(24)37-29(34)25(19)10-12-27(33)32-15-14-30(35)13-4-3-7-22(30)17-32/h5-6,8-9,11,16,22,35H,3-4,7,10,12-15,17-18H2,1-2H3/t22-,30+/m1/s1. The highest BCUT2D eigenvalue weighted by Gasteiger charge is 2.43. The van der Waals surface area contributed by atoms with Gasteiger partial charge < -0.3 is 19.2 Å². The molecule has 3 aromatic rings. The van der Waals surface area contributed by atoms with Crippen LogP contribution in [0.5, 0.6) is 5.75 Å². The van der Waals surface area contributed by atoms with Crippen LogP contribution in [0.1, 0.15) is 60.8 Å². The van der Waals surface area contributed by atoms with Crippen molar-refractivity contribution in [2.75, 3.05) is 13.1 Å². The predicted octanol–water partition coefficient (Wildman–Crippen LogP) is 5.21. The van der Waals surface area contributed by atoms with E-state index in [9.17, 15) is 19.1 Å². The van der Waals surface area contributed by atoms with Gasteiger partial charge in [0, 0.05) is 41.9 Å². The molecule has 37 heavy (non-hydrogen) atoms. The zero-order valence-corrected chi connectivity index (χ0v) is 21.5. The molecule has 1 saturated carbocycles. The summed E-state index contributed by atoms with van der Waals surface area (Å²) in [5, 5.41) is 11.7. The normalized spacial score (nSPS) is 21.6. The molecule has 5 rings (SSSR count). The molecule has 6 nitrogen and oxygen atoms in total. The number of aliphatic hydroxyl groups is 1. The summed E-state index contributed by atoms with van der Waals surface area (Å²) in [5.74, 6) is 0.408. The Morgan fingerprint density at radius 3 is 2.84 bits per heavy atom. The molecule has 7 heteroatoms. The first kappa shape index (κ1) is 25.5. The number of benzene rings is 2. The summed E-state index contributed by atoms with van der Waals surface area (Å²) in [6.07, 6.45) is 5.11. The highest BCUT2D eigenvalue weighted by molar-refractivity contribution is 5.86. The van der Waals surface area contributed by atoms with Crippen molar-refractivity contribution in [1.29, 1.82) is 0 Å². The fraction of sp³-hybridized carbons (Fsp3) is 0.467. The van der Waals surface area contributed by atoms with E-state index < -0.39 is 11.2 Å². The van der Waals surface area contributed by atoms with Crippen molar-refractivity contribution < 1.29 is 23.4 Å². The number of hydrogen-bond donors (Lipinski definition) is 1. The SMILES string of the molecule is Cc1c(CCC(=O)N2CC[C@@]3(O)CCCC[C@@H]3C2)c(=O)oc2c(C)c(OCc3cccc(F)c3)ccc12. The van der Waals surface area contributed by atoms with Gasteiger partial charge in [-0.2, -0.15) is 0 Å². The van der Waals surface area contributed by atoms with Crippen LogP contribution in [0.2, 0.25) is 0 Å². The lowest BCUT2D eigenvalue weighted by Crippen LogP contribution is -2.54. The van der Waals surface area contributed by atoms with Crippen LogP contribution in [0.4, 0.5) is 4.39 Å². The highest BCUT2D eigenvalue weighted by Crippen LogP contribution is 2.40. The van der Waals surface area contributed by atoms with Gasteiger partial charge in [0.2, 0.25) is 5.91 Å². The fourth-order valence-corrected chi connectivity index (χ4v) is 5.99. The Bertz CT molecular complexity index is 1380. The van der Waals surface area contributed by atoms with Gasteiger partial charge >= 0.3 is 5.63 Å². The number of carbonyl (C=O) groups is 1. The molecule has 1 saturated heterocycles. The van der Waals surface area contributed by atoms with E-state index in [0.717, 1.165) is 36.6 Å². The maximum atomic E-state index is 13.5. The second kappa shape index (κ2) is 10.3. The van der Waals surface area contributed by atoms with Crippen molar-refractivity contribution in [3.63, 3.8) is 0 Å². The molecule has 2 aliphatic rings. The van der Waals surface area contributed by atoms with E-state index in [4.69, 9.17) is 9.15 Å². The molecule has 1 amide bonds. The van der Waals surface area contributed by atoms with Gasteiger partial charge in [-0.3, -0.25) is 4.79 Å². The van der Waals surface area contributed by atoms with Crippen LogP contribution in [0.25, 0.3) is 11.0 Å². The van der Waals surface area contributed by atoms with Crippen LogP contribution >= 0.6 is 0 Å². The molecule has 1 aliphatic heterocycles. The van der Waals surface area contributed by atoms with E-state index in [1.54, 1.807) is 12.1 Å². The zero-order chi connectivity index (χ0) is 26.2. The third kappa shape index (κ3) is 5.14. The van der Waals surface area contributed by atoms with E-state index >= 15 is 0 Å². The topological polar surface area (TPSA) is 80.0 Å². The molecular weight excluding hydrogens is 473 g/mol. The van der Waals surface area contributed by atoms with Gasteiger partial charge in [-0.15, -0.1) is 0 Å². The van der Waals surface area contributed by atoms with Crippen LogP contribution < -0.4 is 10.4 Å². The first-order valence-electron chi connectivity index (χ1n) is 13.2. The number of amides is 1. The molecule has 1 N–H and O–H groups in total. The summed E-state index contributed by atoms with van der Waals surface area (Å²) in [5.41, 5.74) is 2.12. The largest absolute Gasteiger partial charge is 0.488 e. The quantitative estimate of drug-likeness (QED) is 0.463. The molecule has 0 radical (unpaired) electrons. The van der Waals surface area contributed by atoms with E-state index in [-0.39, 0.29) is 30.7 Å². The lowest BCUT2D eigenvalue weighted by Gasteiger charge is -2.47. The van der Waals surface area contributed by atoms with Gasteiger partial charge in [-0.25, -0.2) is 9.18 Å². The molecule has 1 aliphatic carbocycles. The molecular formula is C30H34FNO5. The molecule has 0 unspecified atom stereocenters. The van der Waals surface area contributed by atoms with Crippen molar-refractivity contribution in [3.05, 3.63) is 74.9 Å². The minimum Gasteiger partial charge on any atom is -0.488 e. The Hall–Kier alpha value is -3.19. The fourth-order valence-electron chi connectivity index (χ4n) is 5.99. The predicted molar refractivity (Wildman–Crippen MR) is 139 cm³/mol. The van der Waals surface area contributed by atoms with Crippen molar-refractivity contribution in [1.82, 2.24) is 4.90 Å². The van der Waals surface area contributed by atoms with Gasteiger partial charge in [0.05, 0.1) is 5.60 Å². The second-order valence-electron chi connectivity index (χ2n) is 10.6. The van der Waals surface area contributed by atoms with Crippen molar-refractivity contribution in [2.24, 2.45) is 5.92 Å². The van der Waals surface area contributed by atoms with Crippen molar-refractivity contribution in [2.45, 2.75) is 71.0 Å². The Kier molecular flexibility index (Phi) is 7.08. The summed E-state index contributed by atoms with van der Waals surface area (Å²) in [6, 6.07) is 9.93. The van der Waals surface area contributed by atoms with Crippen LogP contribution in [0, 0.1) is 25.6 Å². The van der Waals surface area contributed by atoms with Gasteiger partial charge in [-0.1, -0.05) is 25.0 Å². The third-order valence-electron chi connectivity index (χ3n) is 8.31. The summed E-state index contributed by atoms with van der Waals surface area (Å²) in [6.45, 7) is 5.07. The van der Waals surface area contributed by atoms with Gasteiger partial charge in [-0.05, 0) is 74.9 Å². The first-order chi connectivity index (χ1) is 17.7. The summed E-state index contributed by atoms with van der Waals surface area (Å²) in [4.78, 5) is 27.8. The Balaban J connectivity index is 1.29.